The fraction of sp³-hybridized carbons (Fsp3) is 0.143. The molecule has 2 aromatic carbocycles. The lowest BCUT2D eigenvalue weighted by Gasteiger charge is -2.04. The smallest absolute Gasteiger partial charge is 0.00544 e. The lowest BCUT2D eigenvalue weighted by molar-refractivity contribution is 1.21. The second kappa shape index (κ2) is 2.71. The minimum Gasteiger partial charge on any atom is -0.0683 e. The summed E-state index contributed by atoms with van der Waals surface area (Å²) in [6, 6.07) is 13.1. The first-order valence-corrected chi connectivity index (χ1v) is 5.02. The molecule has 0 aliphatic heterocycles. The number of benzene rings is 2. The van der Waals surface area contributed by atoms with Crippen LogP contribution in [0.5, 0.6) is 0 Å². The molecule has 2 aromatic rings. The Bertz CT molecular complexity index is 533. The molecule has 1 aliphatic carbocycles. The van der Waals surface area contributed by atoms with Crippen molar-refractivity contribution in [2.75, 3.05) is 0 Å². The van der Waals surface area contributed by atoms with Gasteiger partial charge in [0.15, 0.2) is 0 Å². The zero-order valence-electron chi connectivity index (χ0n) is 8.25. The Labute approximate surface area is 83.9 Å². The van der Waals surface area contributed by atoms with Crippen LogP contribution in [0.2, 0.25) is 0 Å². The Morgan fingerprint density at radius 2 is 1.86 bits per heavy atom. The molecule has 0 aromatic heterocycles. The summed E-state index contributed by atoms with van der Waals surface area (Å²) in [4.78, 5) is 0. The van der Waals surface area contributed by atoms with Crippen LogP contribution in [0.15, 0.2) is 42.0 Å². The quantitative estimate of drug-likeness (QED) is 0.578. The van der Waals surface area contributed by atoms with Crippen molar-refractivity contribution >= 4 is 16.8 Å². The van der Waals surface area contributed by atoms with E-state index >= 15 is 0 Å². The minimum absolute atomic E-state index is 1.12. The number of hydrogen-bond donors (Lipinski definition) is 0. The molecule has 0 fully saturated rings. The SMILES string of the molecule is CC1=Cc2ccc3ccccc3c2C1. The third-order valence-corrected chi connectivity index (χ3v) is 2.93. The van der Waals surface area contributed by atoms with Crippen LogP contribution in [0.1, 0.15) is 18.1 Å². The van der Waals surface area contributed by atoms with Crippen molar-refractivity contribution in [2.45, 2.75) is 13.3 Å². The lowest BCUT2D eigenvalue weighted by Crippen LogP contribution is -1.85. The zero-order valence-corrected chi connectivity index (χ0v) is 8.25. The maximum Gasteiger partial charge on any atom is -0.00544 e. The average molecular weight is 180 g/mol. The fourth-order valence-electron chi connectivity index (χ4n) is 2.28. The first-order valence-electron chi connectivity index (χ1n) is 5.02. The predicted molar refractivity (Wildman–Crippen MR) is 61.3 cm³/mol. The molecule has 0 heteroatoms. The Morgan fingerprint density at radius 3 is 2.79 bits per heavy atom. The highest BCUT2D eigenvalue weighted by Crippen LogP contribution is 2.31. The van der Waals surface area contributed by atoms with Gasteiger partial charge in [-0.15, -0.1) is 0 Å². The zero-order chi connectivity index (χ0) is 9.54. The Kier molecular flexibility index (Phi) is 1.51. The van der Waals surface area contributed by atoms with Gasteiger partial charge in [-0.25, -0.2) is 0 Å². The van der Waals surface area contributed by atoms with Crippen LogP contribution in [0.3, 0.4) is 0 Å². The van der Waals surface area contributed by atoms with Crippen molar-refractivity contribution in [3.8, 4) is 0 Å². The van der Waals surface area contributed by atoms with Gasteiger partial charge in [0.2, 0.25) is 0 Å². The van der Waals surface area contributed by atoms with Gasteiger partial charge in [0, 0.05) is 0 Å². The van der Waals surface area contributed by atoms with Crippen LogP contribution in [0.25, 0.3) is 16.8 Å². The Morgan fingerprint density at radius 1 is 1.00 bits per heavy atom. The Hall–Kier alpha value is -1.56. The van der Waals surface area contributed by atoms with E-state index in [1.54, 1.807) is 0 Å². The largest absolute Gasteiger partial charge is 0.0683 e. The maximum absolute atomic E-state index is 2.29. The van der Waals surface area contributed by atoms with Crippen molar-refractivity contribution in [3.05, 3.63) is 53.1 Å². The molecule has 0 atom stereocenters. The van der Waals surface area contributed by atoms with Crippen molar-refractivity contribution in [2.24, 2.45) is 0 Å². The number of fused-ring (bicyclic) bond motifs is 3. The monoisotopic (exact) mass is 180 g/mol. The molecule has 68 valence electrons. The van der Waals surface area contributed by atoms with E-state index in [-0.39, 0.29) is 0 Å². The standard InChI is InChI=1S/C14H12/c1-10-8-12-7-6-11-4-2-3-5-13(11)14(12)9-10/h2-8H,9H2,1H3. The summed E-state index contributed by atoms with van der Waals surface area (Å²) in [5.41, 5.74) is 4.37. The van der Waals surface area contributed by atoms with E-state index in [1.165, 1.54) is 27.5 Å². The molecule has 3 rings (SSSR count). The molecule has 0 spiro atoms. The summed E-state index contributed by atoms with van der Waals surface area (Å²) in [5.74, 6) is 0. The van der Waals surface area contributed by atoms with E-state index in [0.717, 1.165) is 6.42 Å². The summed E-state index contributed by atoms with van der Waals surface area (Å²) < 4.78 is 0. The van der Waals surface area contributed by atoms with Gasteiger partial charge in [0.1, 0.15) is 0 Å². The van der Waals surface area contributed by atoms with Gasteiger partial charge in [-0.3, -0.25) is 0 Å². The summed E-state index contributed by atoms with van der Waals surface area (Å²) in [6.45, 7) is 2.20. The molecular weight excluding hydrogens is 168 g/mol. The molecule has 0 saturated carbocycles. The summed E-state index contributed by atoms with van der Waals surface area (Å²) >= 11 is 0. The van der Waals surface area contributed by atoms with Crippen LogP contribution in [-0.2, 0) is 6.42 Å². The van der Waals surface area contributed by atoms with E-state index < -0.39 is 0 Å². The van der Waals surface area contributed by atoms with Crippen LogP contribution < -0.4 is 0 Å². The topological polar surface area (TPSA) is 0 Å². The molecule has 14 heavy (non-hydrogen) atoms. The van der Waals surface area contributed by atoms with Gasteiger partial charge in [-0.2, -0.15) is 0 Å². The highest BCUT2D eigenvalue weighted by Gasteiger charge is 2.11. The lowest BCUT2D eigenvalue weighted by atomic mass is 10.0. The first-order chi connectivity index (χ1) is 6.84. The minimum atomic E-state index is 1.12. The maximum atomic E-state index is 2.29. The molecule has 0 nitrogen and oxygen atoms in total. The summed E-state index contributed by atoms with van der Waals surface area (Å²) in [6.07, 6.45) is 3.42. The van der Waals surface area contributed by atoms with Crippen LogP contribution in [0, 0.1) is 0 Å². The number of allylic oxidation sites excluding steroid dienone is 1. The third kappa shape index (κ3) is 1.00. The van der Waals surface area contributed by atoms with Gasteiger partial charge in [-0.05, 0) is 35.2 Å². The third-order valence-electron chi connectivity index (χ3n) is 2.93. The highest BCUT2D eigenvalue weighted by atomic mass is 14.2. The van der Waals surface area contributed by atoms with E-state index in [1.807, 2.05) is 0 Å². The molecule has 1 aliphatic rings. The highest BCUT2D eigenvalue weighted by molar-refractivity contribution is 5.90. The number of hydrogen-bond acceptors (Lipinski definition) is 0. The van der Waals surface area contributed by atoms with Gasteiger partial charge < -0.3 is 0 Å². The molecular formula is C14H12. The van der Waals surface area contributed by atoms with Crippen LogP contribution in [0.4, 0.5) is 0 Å². The van der Waals surface area contributed by atoms with Gasteiger partial charge in [0.05, 0.1) is 0 Å². The molecule has 0 saturated heterocycles. The van der Waals surface area contributed by atoms with Crippen LogP contribution in [-0.4, -0.2) is 0 Å². The van der Waals surface area contributed by atoms with Crippen LogP contribution >= 0.6 is 0 Å². The van der Waals surface area contributed by atoms with E-state index in [4.69, 9.17) is 0 Å². The normalized spacial score (nSPS) is 14.2. The average Bonchev–Trinajstić information content (AvgIpc) is 2.59. The second-order valence-electron chi connectivity index (χ2n) is 4.02. The summed E-state index contributed by atoms with van der Waals surface area (Å²) in [5, 5.41) is 2.77. The predicted octanol–water partition coefficient (Wildman–Crippen LogP) is 3.80. The molecule has 0 N–H and O–H groups in total. The van der Waals surface area contributed by atoms with Crippen molar-refractivity contribution < 1.29 is 0 Å². The van der Waals surface area contributed by atoms with E-state index in [0.29, 0.717) is 0 Å². The number of rotatable bonds is 0. The van der Waals surface area contributed by atoms with Crippen molar-refractivity contribution in [1.29, 1.82) is 0 Å². The molecule has 0 amide bonds. The molecule has 0 bridgehead atoms. The molecule has 0 heterocycles. The first kappa shape index (κ1) is 7.81. The van der Waals surface area contributed by atoms with Gasteiger partial charge in [-0.1, -0.05) is 48.0 Å². The molecule has 0 radical (unpaired) electrons. The van der Waals surface area contributed by atoms with Crippen molar-refractivity contribution in [1.82, 2.24) is 0 Å². The molecule has 0 unspecified atom stereocenters. The second-order valence-corrected chi connectivity index (χ2v) is 4.02. The van der Waals surface area contributed by atoms with E-state index in [2.05, 4.69) is 49.4 Å². The van der Waals surface area contributed by atoms with Gasteiger partial charge >= 0.3 is 0 Å². The van der Waals surface area contributed by atoms with Crippen molar-refractivity contribution in [3.63, 3.8) is 0 Å². The summed E-state index contributed by atoms with van der Waals surface area (Å²) in [7, 11) is 0. The van der Waals surface area contributed by atoms with E-state index in [9.17, 15) is 0 Å². The van der Waals surface area contributed by atoms with Gasteiger partial charge in [0.25, 0.3) is 0 Å². The Balaban J connectivity index is 2.38. The fourth-order valence-corrected chi connectivity index (χ4v) is 2.28.